The maximum absolute atomic E-state index is 11.6. The van der Waals surface area contributed by atoms with E-state index in [4.69, 9.17) is 10.7 Å². The molecule has 0 N–H and O–H groups in total. The van der Waals surface area contributed by atoms with Crippen LogP contribution in [-0.4, -0.2) is 14.2 Å². The van der Waals surface area contributed by atoms with E-state index in [9.17, 15) is 8.42 Å². The van der Waals surface area contributed by atoms with Gasteiger partial charge in [-0.2, -0.15) is 0 Å². The molecule has 0 aliphatic carbocycles. The van der Waals surface area contributed by atoms with Crippen molar-refractivity contribution in [1.29, 1.82) is 0 Å². The fourth-order valence-electron chi connectivity index (χ4n) is 3.57. The quantitative estimate of drug-likeness (QED) is 0.495. The van der Waals surface area contributed by atoms with Gasteiger partial charge in [-0.1, -0.05) is 61.8 Å². The number of rotatable bonds is 8. The molecule has 0 saturated carbocycles. The van der Waals surface area contributed by atoms with Crippen molar-refractivity contribution >= 4 is 19.7 Å². The maximum Gasteiger partial charge on any atom is 0.232 e. The molecule has 0 aromatic rings. The Morgan fingerprint density at radius 1 is 0.864 bits per heavy atom. The topological polar surface area (TPSA) is 34.1 Å². The van der Waals surface area contributed by atoms with Crippen LogP contribution in [0.3, 0.4) is 0 Å². The number of hydrogen-bond donors (Lipinski definition) is 0. The van der Waals surface area contributed by atoms with Crippen LogP contribution in [0.15, 0.2) is 0 Å². The first-order valence-corrected chi connectivity index (χ1v) is 11.0. The van der Waals surface area contributed by atoms with E-state index in [1.54, 1.807) is 0 Å². The summed E-state index contributed by atoms with van der Waals surface area (Å²) in [5, 5.41) is 0. The zero-order valence-electron chi connectivity index (χ0n) is 15.9. The highest BCUT2D eigenvalue weighted by Gasteiger charge is 2.27. The molecular weight excluding hydrogens is 316 g/mol. The summed E-state index contributed by atoms with van der Waals surface area (Å²) >= 11 is 0. The van der Waals surface area contributed by atoms with Crippen LogP contribution in [0.2, 0.25) is 0 Å². The Morgan fingerprint density at radius 3 is 1.68 bits per heavy atom. The molecule has 0 fully saturated rings. The van der Waals surface area contributed by atoms with Crippen LogP contribution >= 0.6 is 10.7 Å². The summed E-state index contributed by atoms with van der Waals surface area (Å²) < 4.78 is 23.1. The molecule has 0 aromatic carbocycles. The first kappa shape index (κ1) is 22.2. The van der Waals surface area contributed by atoms with Crippen LogP contribution < -0.4 is 0 Å². The SMILES string of the molecule is CC(CCC(CS(=O)(=O)Cl)C(C)CC(C)(C)C)CC(C)(C)C. The lowest BCUT2D eigenvalue weighted by Crippen LogP contribution is -2.25. The molecule has 3 unspecified atom stereocenters. The standard InChI is InChI=1S/C18H37ClO2S/c1-14(11-17(3,4)5)9-10-16(13-22(19,20)21)15(2)12-18(6,7)8/h14-16H,9-13H2,1-8H3. The van der Waals surface area contributed by atoms with Gasteiger partial charge in [0.05, 0.1) is 5.75 Å². The van der Waals surface area contributed by atoms with E-state index in [1.165, 1.54) is 6.42 Å². The summed E-state index contributed by atoms with van der Waals surface area (Å²) in [6.45, 7) is 17.8. The van der Waals surface area contributed by atoms with Gasteiger partial charge in [-0.25, -0.2) is 8.42 Å². The van der Waals surface area contributed by atoms with E-state index in [-0.39, 0.29) is 17.1 Å². The van der Waals surface area contributed by atoms with Gasteiger partial charge in [0.2, 0.25) is 9.05 Å². The molecule has 22 heavy (non-hydrogen) atoms. The molecule has 3 atom stereocenters. The minimum Gasteiger partial charge on any atom is -0.212 e. The van der Waals surface area contributed by atoms with Gasteiger partial charge >= 0.3 is 0 Å². The lowest BCUT2D eigenvalue weighted by atomic mass is 9.77. The molecule has 2 nitrogen and oxygen atoms in total. The maximum atomic E-state index is 11.6. The first-order valence-electron chi connectivity index (χ1n) is 8.51. The zero-order chi connectivity index (χ0) is 17.8. The van der Waals surface area contributed by atoms with Crippen LogP contribution in [0.5, 0.6) is 0 Å². The Balaban J connectivity index is 4.74. The highest BCUT2D eigenvalue weighted by atomic mass is 35.7. The lowest BCUT2D eigenvalue weighted by molar-refractivity contribution is 0.223. The van der Waals surface area contributed by atoms with Crippen LogP contribution in [0.4, 0.5) is 0 Å². The van der Waals surface area contributed by atoms with Crippen molar-refractivity contribution in [2.24, 2.45) is 28.6 Å². The molecule has 0 bridgehead atoms. The first-order chi connectivity index (χ1) is 9.59. The normalized spacial score (nSPS) is 18.0. The molecular formula is C18H37ClO2S. The van der Waals surface area contributed by atoms with Gasteiger partial charge in [0.25, 0.3) is 0 Å². The highest BCUT2D eigenvalue weighted by Crippen LogP contribution is 2.34. The predicted octanol–water partition coefficient (Wildman–Crippen LogP) is 6.10. The Labute approximate surface area is 143 Å². The van der Waals surface area contributed by atoms with Gasteiger partial charge in [0, 0.05) is 10.7 Å². The van der Waals surface area contributed by atoms with Crippen molar-refractivity contribution in [1.82, 2.24) is 0 Å². The smallest absolute Gasteiger partial charge is 0.212 e. The summed E-state index contributed by atoms with van der Waals surface area (Å²) in [5.41, 5.74) is 0.537. The molecule has 0 radical (unpaired) electrons. The molecule has 0 aromatic heterocycles. The van der Waals surface area contributed by atoms with Crippen molar-refractivity contribution in [3.8, 4) is 0 Å². The molecule has 0 spiro atoms. The summed E-state index contributed by atoms with van der Waals surface area (Å²) in [5.74, 6) is 1.25. The fourth-order valence-corrected chi connectivity index (χ4v) is 5.06. The van der Waals surface area contributed by atoms with Gasteiger partial charge in [-0.05, 0) is 47.8 Å². The average molecular weight is 353 g/mol. The van der Waals surface area contributed by atoms with E-state index < -0.39 is 9.05 Å². The van der Waals surface area contributed by atoms with Gasteiger partial charge in [-0.15, -0.1) is 0 Å². The van der Waals surface area contributed by atoms with Crippen LogP contribution in [-0.2, 0) is 9.05 Å². The van der Waals surface area contributed by atoms with Gasteiger partial charge in [-0.3, -0.25) is 0 Å². The predicted molar refractivity (Wildman–Crippen MR) is 98.8 cm³/mol. The summed E-state index contributed by atoms with van der Waals surface area (Å²) in [6, 6.07) is 0. The molecule has 134 valence electrons. The third-order valence-electron chi connectivity index (χ3n) is 4.14. The monoisotopic (exact) mass is 352 g/mol. The molecule has 0 rings (SSSR count). The van der Waals surface area contributed by atoms with Gasteiger partial charge in [0.15, 0.2) is 0 Å². The molecule has 0 aliphatic rings. The van der Waals surface area contributed by atoms with E-state index >= 15 is 0 Å². The summed E-state index contributed by atoms with van der Waals surface area (Å²) in [7, 11) is 2.10. The van der Waals surface area contributed by atoms with Gasteiger partial charge < -0.3 is 0 Å². The molecule has 4 heteroatoms. The molecule has 0 amide bonds. The van der Waals surface area contributed by atoms with Gasteiger partial charge in [0.1, 0.15) is 0 Å². The molecule has 0 aliphatic heterocycles. The van der Waals surface area contributed by atoms with Crippen molar-refractivity contribution in [2.75, 3.05) is 5.75 Å². The minimum absolute atomic E-state index is 0.105. The third-order valence-corrected chi connectivity index (χ3v) is 5.35. The second-order valence-electron chi connectivity index (χ2n) is 9.65. The third kappa shape index (κ3) is 12.8. The van der Waals surface area contributed by atoms with E-state index in [0.29, 0.717) is 17.3 Å². The Kier molecular flexibility index (Phi) is 8.46. The number of halogens is 1. The number of hydrogen-bond acceptors (Lipinski definition) is 2. The Morgan fingerprint density at radius 2 is 1.32 bits per heavy atom. The van der Waals surface area contributed by atoms with E-state index in [0.717, 1.165) is 19.3 Å². The van der Waals surface area contributed by atoms with Crippen LogP contribution in [0, 0.1) is 28.6 Å². The largest absolute Gasteiger partial charge is 0.232 e. The molecule has 0 heterocycles. The van der Waals surface area contributed by atoms with Crippen LogP contribution in [0.25, 0.3) is 0 Å². The Bertz CT molecular complexity index is 415. The second kappa shape index (κ2) is 8.37. The highest BCUT2D eigenvalue weighted by molar-refractivity contribution is 8.13. The van der Waals surface area contributed by atoms with E-state index in [2.05, 4.69) is 55.4 Å². The molecule has 0 saturated heterocycles. The Hall–Kier alpha value is 0.240. The lowest BCUT2D eigenvalue weighted by Gasteiger charge is -2.30. The van der Waals surface area contributed by atoms with Crippen molar-refractivity contribution in [2.45, 2.75) is 81.1 Å². The summed E-state index contributed by atoms with van der Waals surface area (Å²) in [4.78, 5) is 0. The van der Waals surface area contributed by atoms with E-state index in [1.807, 2.05) is 0 Å². The average Bonchev–Trinajstić information content (AvgIpc) is 2.17. The second-order valence-corrected chi connectivity index (χ2v) is 12.5. The van der Waals surface area contributed by atoms with Crippen molar-refractivity contribution in [3.05, 3.63) is 0 Å². The fraction of sp³-hybridized carbons (Fsp3) is 1.00. The zero-order valence-corrected chi connectivity index (χ0v) is 17.4. The minimum atomic E-state index is -3.43. The summed E-state index contributed by atoms with van der Waals surface area (Å²) in [6.07, 6.45) is 4.21. The van der Waals surface area contributed by atoms with Crippen LogP contribution in [0.1, 0.15) is 81.1 Å². The van der Waals surface area contributed by atoms with Crippen molar-refractivity contribution in [3.63, 3.8) is 0 Å². The van der Waals surface area contributed by atoms with Crippen molar-refractivity contribution < 1.29 is 8.42 Å².